The molecule has 1 aliphatic rings. The van der Waals surface area contributed by atoms with E-state index in [-0.39, 0.29) is 5.91 Å². The zero-order valence-electron chi connectivity index (χ0n) is 15.0. The lowest BCUT2D eigenvalue weighted by Crippen LogP contribution is -2.33. The highest BCUT2D eigenvalue weighted by Gasteiger charge is 2.24. The maximum atomic E-state index is 12.6. The quantitative estimate of drug-likeness (QED) is 0.920. The fraction of sp³-hybridized carbons (Fsp3) is 0.500. The minimum atomic E-state index is -0.0381. The Morgan fingerprint density at radius 3 is 2.76 bits per heavy atom. The Bertz CT molecular complexity index is 711. The van der Waals surface area contributed by atoms with Crippen molar-refractivity contribution in [3.05, 3.63) is 36.2 Å². The van der Waals surface area contributed by atoms with E-state index in [1.807, 2.05) is 36.2 Å². The summed E-state index contributed by atoms with van der Waals surface area (Å²) in [6, 6.07) is 4.39. The van der Waals surface area contributed by atoms with Crippen LogP contribution in [-0.2, 0) is 0 Å². The van der Waals surface area contributed by atoms with Gasteiger partial charge in [-0.3, -0.25) is 4.79 Å². The van der Waals surface area contributed by atoms with Crippen LogP contribution in [0.4, 0.5) is 11.5 Å². The molecule has 1 saturated heterocycles. The average Bonchev–Trinajstić information content (AvgIpc) is 2.89. The summed E-state index contributed by atoms with van der Waals surface area (Å²) in [5, 5.41) is 3.54. The Labute approximate surface area is 148 Å². The molecular formula is C18H25N5O2. The first-order valence-electron chi connectivity index (χ1n) is 8.64. The number of amides is 1. The van der Waals surface area contributed by atoms with Crippen molar-refractivity contribution in [2.75, 3.05) is 37.4 Å². The molecule has 0 radical (unpaired) electrons. The molecule has 1 fully saturated rings. The number of oxazole rings is 1. The van der Waals surface area contributed by atoms with Gasteiger partial charge in [0.1, 0.15) is 11.6 Å². The maximum absolute atomic E-state index is 12.6. The summed E-state index contributed by atoms with van der Waals surface area (Å²) in [6.45, 7) is 3.24. The van der Waals surface area contributed by atoms with Crippen LogP contribution in [0, 0.1) is 6.92 Å². The molecule has 1 amide bonds. The van der Waals surface area contributed by atoms with Gasteiger partial charge in [-0.1, -0.05) is 0 Å². The van der Waals surface area contributed by atoms with Crippen molar-refractivity contribution in [2.45, 2.75) is 32.2 Å². The van der Waals surface area contributed by atoms with Gasteiger partial charge >= 0.3 is 0 Å². The summed E-state index contributed by atoms with van der Waals surface area (Å²) in [5.41, 5.74) is 1.44. The first kappa shape index (κ1) is 17.3. The van der Waals surface area contributed by atoms with E-state index in [1.165, 1.54) is 6.39 Å². The number of carbonyl (C=O) groups excluding carboxylic acids is 1. The number of rotatable bonds is 4. The molecule has 1 atom stereocenters. The predicted molar refractivity (Wildman–Crippen MR) is 97.0 cm³/mol. The van der Waals surface area contributed by atoms with Gasteiger partial charge in [-0.2, -0.15) is 0 Å². The van der Waals surface area contributed by atoms with Crippen molar-refractivity contribution < 1.29 is 9.21 Å². The number of aryl methyl sites for hydroxylation is 1. The molecule has 3 rings (SSSR count). The second kappa shape index (κ2) is 7.55. The number of hydrogen-bond acceptors (Lipinski definition) is 6. The average molecular weight is 343 g/mol. The molecule has 7 nitrogen and oxygen atoms in total. The normalized spacial score (nSPS) is 17.9. The molecule has 25 heavy (non-hydrogen) atoms. The number of carbonyl (C=O) groups is 1. The standard InChI is InChI=1S/C18H25N5O2/c1-13-17(20-12-25-13)18(24)23-9-4-5-14(8-10-23)21-15-6-7-16(19-11-15)22(2)3/h6-7,11-12,14,21H,4-5,8-10H2,1-3H3/t14-/m0/s1. The van der Waals surface area contributed by atoms with E-state index in [0.717, 1.165) is 37.3 Å². The molecule has 1 aliphatic heterocycles. The van der Waals surface area contributed by atoms with Crippen molar-refractivity contribution in [1.29, 1.82) is 0 Å². The van der Waals surface area contributed by atoms with Gasteiger partial charge < -0.3 is 19.5 Å². The van der Waals surface area contributed by atoms with E-state index in [0.29, 0.717) is 24.0 Å². The molecule has 3 heterocycles. The van der Waals surface area contributed by atoms with Crippen LogP contribution in [0.15, 0.2) is 29.1 Å². The molecule has 1 N–H and O–H groups in total. The summed E-state index contributed by atoms with van der Waals surface area (Å²) in [6.07, 6.45) is 6.08. The smallest absolute Gasteiger partial charge is 0.276 e. The largest absolute Gasteiger partial charge is 0.448 e. The van der Waals surface area contributed by atoms with Gasteiger partial charge in [0.25, 0.3) is 5.91 Å². The fourth-order valence-electron chi connectivity index (χ4n) is 3.08. The highest BCUT2D eigenvalue weighted by atomic mass is 16.3. The van der Waals surface area contributed by atoms with Crippen LogP contribution in [0.25, 0.3) is 0 Å². The number of nitrogens with zero attached hydrogens (tertiary/aromatic N) is 4. The van der Waals surface area contributed by atoms with Crippen LogP contribution in [0.5, 0.6) is 0 Å². The second-order valence-corrected chi connectivity index (χ2v) is 6.62. The number of anilines is 2. The summed E-state index contributed by atoms with van der Waals surface area (Å²) in [4.78, 5) is 24.9. The van der Waals surface area contributed by atoms with Gasteiger partial charge in [0.2, 0.25) is 0 Å². The van der Waals surface area contributed by atoms with Crippen LogP contribution in [0.1, 0.15) is 35.5 Å². The summed E-state index contributed by atoms with van der Waals surface area (Å²) in [7, 11) is 3.95. The number of likely N-dealkylation sites (tertiary alicyclic amines) is 1. The van der Waals surface area contributed by atoms with Crippen LogP contribution in [0.3, 0.4) is 0 Å². The van der Waals surface area contributed by atoms with Crippen molar-refractivity contribution >= 4 is 17.4 Å². The Morgan fingerprint density at radius 2 is 2.12 bits per heavy atom. The highest BCUT2D eigenvalue weighted by molar-refractivity contribution is 5.93. The lowest BCUT2D eigenvalue weighted by atomic mass is 10.1. The minimum absolute atomic E-state index is 0.0381. The Kier molecular flexibility index (Phi) is 5.21. The summed E-state index contributed by atoms with van der Waals surface area (Å²) >= 11 is 0. The van der Waals surface area contributed by atoms with E-state index < -0.39 is 0 Å². The topological polar surface area (TPSA) is 74.5 Å². The van der Waals surface area contributed by atoms with E-state index in [2.05, 4.69) is 21.4 Å². The predicted octanol–water partition coefficient (Wildman–Crippen LogP) is 2.55. The SMILES string of the molecule is Cc1ocnc1C(=O)N1CCC[C@H](Nc2ccc(N(C)C)nc2)CC1. The van der Waals surface area contributed by atoms with E-state index in [1.54, 1.807) is 6.92 Å². The molecule has 0 aliphatic carbocycles. The first-order chi connectivity index (χ1) is 12.0. The van der Waals surface area contributed by atoms with Crippen LogP contribution < -0.4 is 10.2 Å². The van der Waals surface area contributed by atoms with Gasteiger partial charge in [-0.25, -0.2) is 9.97 Å². The Hall–Kier alpha value is -2.57. The van der Waals surface area contributed by atoms with Crippen LogP contribution >= 0.6 is 0 Å². The lowest BCUT2D eigenvalue weighted by molar-refractivity contribution is 0.0754. The monoisotopic (exact) mass is 343 g/mol. The van der Waals surface area contributed by atoms with E-state index in [9.17, 15) is 4.79 Å². The molecule has 7 heteroatoms. The van der Waals surface area contributed by atoms with Crippen molar-refractivity contribution in [2.24, 2.45) is 0 Å². The van der Waals surface area contributed by atoms with Gasteiger partial charge in [0.15, 0.2) is 12.1 Å². The summed E-state index contributed by atoms with van der Waals surface area (Å²) in [5.74, 6) is 1.48. The molecule has 0 unspecified atom stereocenters. The molecule has 0 aromatic carbocycles. The summed E-state index contributed by atoms with van der Waals surface area (Å²) < 4.78 is 5.15. The molecular weight excluding hydrogens is 318 g/mol. The molecule has 0 bridgehead atoms. The van der Waals surface area contributed by atoms with Gasteiger partial charge in [0.05, 0.1) is 11.9 Å². The third-order valence-corrected chi connectivity index (χ3v) is 4.54. The second-order valence-electron chi connectivity index (χ2n) is 6.62. The third kappa shape index (κ3) is 4.10. The first-order valence-corrected chi connectivity index (χ1v) is 8.64. The van der Waals surface area contributed by atoms with Crippen molar-refractivity contribution in [3.63, 3.8) is 0 Å². The zero-order chi connectivity index (χ0) is 17.8. The van der Waals surface area contributed by atoms with E-state index in [4.69, 9.17) is 4.42 Å². The fourth-order valence-corrected chi connectivity index (χ4v) is 3.08. The van der Waals surface area contributed by atoms with Crippen molar-refractivity contribution in [1.82, 2.24) is 14.9 Å². The highest BCUT2D eigenvalue weighted by Crippen LogP contribution is 2.19. The Morgan fingerprint density at radius 1 is 1.28 bits per heavy atom. The Balaban J connectivity index is 1.58. The number of aromatic nitrogens is 2. The molecule has 2 aromatic rings. The van der Waals surface area contributed by atoms with Gasteiger partial charge in [-0.15, -0.1) is 0 Å². The van der Waals surface area contributed by atoms with Crippen molar-refractivity contribution in [3.8, 4) is 0 Å². The molecule has 134 valence electrons. The van der Waals surface area contributed by atoms with Gasteiger partial charge in [0, 0.05) is 33.2 Å². The van der Waals surface area contributed by atoms with Crippen LogP contribution in [0.2, 0.25) is 0 Å². The third-order valence-electron chi connectivity index (χ3n) is 4.54. The van der Waals surface area contributed by atoms with E-state index >= 15 is 0 Å². The molecule has 0 saturated carbocycles. The number of pyridine rings is 1. The molecule has 0 spiro atoms. The lowest BCUT2D eigenvalue weighted by Gasteiger charge is -2.20. The van der Waals surface area contributed by atoms with Crippen LogP contribution in [-0.4, -0.2) is 54.0 Å². The maximum Gasteiger partial charge on any atom is 0.276 e. The number of hydrogen-bond donors (Lipinski definition) is 1. The number of nitrogens with one attached hydrogen (secondary N) is 1. The zero-order valence-corrected chi connectivity index (χ0v) is 15.0. The van der Waals surface area contributed by atoms with Gasteiger partial charge in [-0.05, 0) is 38.3 Å². The molecule has 2 aromatic heterocycles. The minimum Gasteiger partial charge on any atom is -0.448 e.